The number of hydrogen-bond donors (Lipinski definition) is 1. The van der Waals surface area contributed by atoms with E-state index in [0.717, 1.165) is 11.1 Å². The Labute approximate surface area is 216 Å². The molecular formula is C30H30N4O3. The van der Waals surface area contributed by atoms with Crippen LogP contribution >= 0.6 is 0 Å². The minimum atomic E-state index is -0.164. The molecule has 37 heavy (non-hydrogen) atoms. The van der Waals surface area contributed by atoms with E-state index < -0.39 is 0 Å². The van der Waals surface area contributed by atoms with Gasteiger partial charge < -0.3 is 15.0 Å². The van der Waals surface area contributed by atoms with E-state index >= 15 is 0 Å². The van der Waals surface area contributed by atoms with Crippen molar-refractivity contribution in [3.05, 3.63) is 102 Å². The van der Waals surface area contributed by atoms with Crippen molar-refractivity contribution in [3.63, 3.8) is 0 Å². The molecule has 0 aliphatic carbocycles. The maximum atomic E-state index is 13.7. The van der Waals surface area contributed by atoms with Crippen molar-refractivity contribution in [2.45, 2.75) is 19.4 Å². The van der Waals surface area contributed by atoms with Gasteiger partial charge >= 0.3 is 0 Å². The second-order valence-electron chi connectivity index (χ2n) is 9.20. The lowest BCUT2D eigenvalue weighted by atomic mass is 9.95. The van der Waals surface area contributed by atoms with Crippen LogP contribution < -0.4 is 10.1 Å². The van der Waals surface area contributed by atoms with E-state index in [4.69, 9.17) is 9.84 Å². The monoisotopic (exact) mass is 494 g/mol. The van der Waals surface area contributed by atoms with Crippen LogP contribution in [0.25, 0.3) is 11.3 Å². The van der Waals surface area contributed by atoms with Gasteiger partial charge in [0, 0.05) is 30.8 Å². The molecule has 0 bridgehead atoms. The van der Waals surface area contributed by atoms with Crippen LogP contribution in [0.4, 0.5) is 5.69 Å². The molecule has 2 heterocycles. The first kappa shape index (κ1) is 24.3. The largest absolute Gasteiger partial charge is 0.495 e. The highest BCUT2D eigenvalue weighted by Crippen LogP contribution is 2.28. The Hall–Kier alpha value is -4.39. The van der Waals surface area contributed by atoms with Gasteiger partial charge in [0.25, 0.3) is 5.91 Å². The minimum absolute atomic E-state index is 0.0442. The van der Waals surface area contributed by atoms with Crippen LogP contribution in [-0.4, -0.2) is 46.7 Å². The summed E-state index contributed by atoms with van der Waals surface area (Å²) in [6, 6.07) is 27.2. The van der Waals surface area contributed by atoms with Crippen molar-refractivity contribution in [2.24, 2.45) is 5.92 Å². The Morgan fingerprint density at radius 2 is 1.57 bits per heavy atom. The van der Waals surface area contributed by atoms with Gasteiger partial charge in [0.05, 0.1) is 24.9 Å². The van der Waals surface area contributed by atoms with Crippen LogP contribution in [0.3, 0.4) is 0 Å². The molecule has 1 N–H and O–H groups in total. The molecule has 1 aliphatic heterocycles. The van der Waals surface area contributed by atoms with E-state index in [9.17, 15) is 9.59 Å². The van der Waals surface area contributed by atoms with Gasteiger partial charge in [-0.3, -0.25) is 14.3 Å². The molecule has 2 amide bonds. The van der Waals surface area contributed by atoms with E-state index in [1.54, 1.807) is 7.11 Å². The van der Waals surface area contributed by atoms with Gasteiger partial charge in [-0.05, 0) is 30.5 Å². The highest BCUT2D eigenvalue weighted by Gasteiger charge is 2.30. The molecule has 0 spiro atoms. The van der Waals surface area contributed by atoms with Crippen molar-refractivity contribution < 1.29 is 14.3 Å². The average Bonchev–Trinajstić information content (AvgIpc) is 3.37. The van der Waals surface area contributed by atoms with Crippen LogP contribution in [0.2, 0.25) is 0 Å². The second kappa shape index (κ2) is 11.1. The molecule has 0 atom stereocenters. The Kier molecular flexibility index (Phi) is 7.31. The zero-order valence-corrected chi connectivity index (χ0v) is 20.8. The van der Waals surface area contributed by atoms with E-state index in [1.807, 2.05) is 101 Å². The number of carbonyl (C=O) groups is 2. The second-order valence-corrected chi connectivity index (χ2v) is 9.20. The lowest BCUT2D eigenvalue weighted by Gasteiger charge is -2.31. The van der Waals surface area contributed by atoms with Gasteiger partial charge in [-0.1, -0.05) is 72.8 Å². The van der Waals surface area contributed by atoms with Crippen LogP contribution in [-0.2, 0) is 11.3 Å². The number of aromatic nitrogens is 2. The Balaban J connectivity index is 1.30. The number of amides is 2. The standard InChI is InChI=1S/C30H30N4O3/c1-37-27-15-9-8-14-26(27)31-29(35)24-16-18-33(19-17-24)30(36)25-21-34(20-22-10-4-2-5-11-22)32-28(25)23-12-6-3-7-13-23/h2-15,21,24H,16-20H2,1H3,(H,31,35). The number of hydrogen-bond acceptors (Lipinski definition) is 4. The minimum Gasteiger partial charge on any atom is -0.495 e. The van der Waals surface area contributed by atoms with Crippen molar-refractivity contribution >= 4 is 17.5 Å². The number of nitrogens with zero attached hydrogens (tertiary/aromatic N) is 3. The molecule has 1 aromatic heterocycles. The molecule has 0 radical (unpaired) electrons. The van der Waals surface area contributed by atoms with Gasteiger partial charge in [0.15, 0.2) is 0 Å². The fourth-order valence-electron chi connectivity index (χ4n) is 4.74. The number of rotatable bonds is 7. The summed E-state index contributed by atoms with van der Waals surface area (Å²) in [6.07, 6.45) is 3.05. The summed E-state index contributed by atoms with van der Waals surface area (Å²) >= 11 is 0. The van der Waals surface area contributed by atoms with E-state index in [-0.39, 0.29) is 17.7 Å². The van der Waals surface area contributed by atoms with E-state index in [0.29, 0.717) is 55.2 Å². The first-order valence-electron chi connectivity index (χ1n) is 12.5. The van der Waals surface area contributed by atoms with Crippen molar-refractivity contribution in [2.75, 3.05) is 25.5 Å². The van der Waals surface area contributed by atoms with Gasteiger partial charge in [0.2, 0.25) is 5.91 Å². The van der Waals surface area contributed by atoms with Crippen LogP contribution in [0.1, 0.15) is 28.8 Å². The summed E-state index contributed by atoms with van der Waals surface area (Å²) in [5.74, 6) is 0.367. The summed E-state index contributed by atoms with van der Waals surface area (Å²) in [6.45, 7) is 1.61. The molecule has 5 rings (SSSR count). The smallest absolute Gasteiger partial charge is 0.257 e. The van der Waals surface area contributed by atoms with Crippen molar-refractivity contribution in [1.29, 1.82) is 0 Å². The number of para-hydroxylation sites is 2. The first-order valence-corrected chi connectivity index (χ1v) is 12.5. The summed E-state index contributed by atoms with van der Waals surface area (Å²) in [5, 5.41) is 7.77. The maximum absolute atomic E-state index is 13.7. The first-order chi connectivity index (χ1) is 18.1. The maximum Gasteiger partial charge on any atom is 0.257 e. The third-order valence-corrected chi connectivity index (χ3v) is 6.74. The number of anilines is 1. The lowest BCUT2D eigenvalue weighted by Crippen LogP contribution is -2.41. The normalized spacial score (nSPS) is 13.8. The lowest BCUT2D eigenvalue weighted by molar-refractivity contribution is -0.121. The van der Waals surface area contributed by atoms with Gasteiger partial charge in [-0.25, -0.2) is 0 Å². The quantitative estimate of drug-likeness (QED) is 0.388. The third-order valence-electron chi connectivity index (χ3n) is 6.74. The number of methoxy groups -OCH3 is 1. The molecule has 7 nitrogen and oxygen atoms in total. The fraction of sp³-hybridized carbons (Fsp3) is 0.233. The molecule has 1 fully saturated rings. The van der Waals surface area contributed by atoms with Gasteiger partial charge in [-0.15, -0.1) is 0 Å². The zero-order chi connectivity index (χ0) is 25.6. The highest BCUT2D eigenvalue weighted by molar-refractivity contribution is 6.00. The Bertz CT molecular complexity index is 1360. The highest BCUT2D eigenvalue weighted by atomic mass is 16.5. The predicted molar refractivity (Wildman–Crippen MR) is 143 cm³/mol. The van der Waals surface area contributed by atoms with Crippen molar-refractivity contribution in [3.8, 4) is 17.0 Å². The molecule has 1 saturated heterocycles. The average molecular weight is 495 g/mol. The molecule has 0 unspecified atom stereocenters. The van der Waals surface area contributed by atoms with E-state index in [2.05, 4.69) is 5.32 Å². The molecule has 0 saturated carbocycles. The zero-order valence-electron chi connectivity index (χ0n) is 20.8. The van der Waals surface area contributed by atoms with Crippen LogP contribution in [0, 0.1) is 5.92 Å². The fourth-order valence-corrected chi connectivity index (χ4v) is 4.74. The Morgan fingerprint density at radius 1 is 0.919 bits per heavy atom. The molecular weight excluding hydrogens is 464 g/mol. The summed E-state index contributed by atoms with van der Waals surface area (Å²) in [7, 11) is 1.58. The third kappa shape index (κ3) is 5.56. The number of ether oxygens (including phenoxy) is 1. The Morgan fingerprint density at radius 3 is 2.27 bits per heavy atom. The van der Waals surface area contributed by atoms with Gasteiger partial charge in [0.1, 0.15) is 11.4 Å². The number of likely N-dealkylation sites (tertiary alicyclic amines) is 1. The molecule has 7 heteroatoms. The molecule has 1 aliphatic rings. The summed E-state index contributed by atoms with van der Waals surface area (Å²) < 4.78 is 7.17. The number of carbonyl (C=O) groups excluding carboxylic acids is 2. The van der Waals surface area contributed by atoms with E-state index in [1.165, 1.54) is 0 Å². The molecule has 188 valence electrons. The van der Waals surface area contributed by atoms with Crippen molar-refractivity contribution in [1.82, 2.24) is 14.7 Å². The molecule has 4 aromatic rings. The number of nitrogens with one attached hydrogen (secondary N) is 1. The predicted octanol–water partition coefficient (Wildman–Crippen LogP) is 5.10. The summed E-state index contributed by atoms with van der Waals surface area (Å²) in [5.41, 5.74) is 3.94. The molecule has 3 aromatic carbocycles. The van der Waals surface area contributed by atoms with Crippen LogP contribution in [0.15, 0.2) is 91.1 Å². The SMILES string of the molecule is COc1ccccc1NC(=O)C1CCN(C(=O)c2cn(Cc3ccccc3)nc2-c2ccccc2)CC1. The number of benzene rings is 3. The summed E-state index contributed by atoms with van der Waals surface area (Å²) in [4.78, 5) is 28.4. The van der Waals surface area contributed by atoms with Crippen LogP contribution in [0.5, 0.6) is 5.75 Å². The number of piperidine rings is 1. The van der Waals surface area contributed by atoms with Gasteiger partial charge in [-0.2, -0.15) is 5.10 Å². The topological polar surface area (TPSA) is 76.5 Å².